The highest BCUT2D eigenvalue weighted by molar-refractivity contribution is 9.10. The number of imidazole rings is 1. The van der Waals surface area contributed by atoms with Crippen molar-refractivity contribution in [2.75, 3.05) is 17.2 Å². The van der Waals surface area contributed by atoms with Gasteiger partial charge in [0.2, 0.25) is 0 Å². The largest absolute Gasteiger partial charge is 0.434 e. The Labute approximate surface area is 199 Å². The van der Waals surface area contributed by atoms with Gasteiger partial charge in [0.1, 0.15) is 21.9 Å². The lowest BCUT2D eigenvalue weighted by Crippen LogP contribution is -2.34. The van der Waals surface area contributed by atoms with Gasteiger partial charge in [-0.2, -0.15) is 22.8 Å². The summed E-state index contributed by atoms with van der Waals surface area (Å²) in [4.78, 5) is 15.0. The Bertz CT molecular complexity index is 1570. The van der Waals surface area contributed by atoms with E-state index < -0.39 is 11.9 Å². The molecule has 0 spiro atoms. The number of rotatable bonds is 2. The molecule has 1 aliphatic rings. The molecule has 0 aliphatic carbocycles. The van der Waals surface area contributed by atoms with Crippen LogP contribution in [0.15, 0.2) is 53.4 Å². The quantitative estimate of drug-likeness (QED) is 0.362. The smallest absolute Gasteiger partial charge is 0.383 e. The first-order valence-corrected chi connectivity index (χ1v) is 11.1. The molecule has 5 aromatic rings. The number of nitrogen functional groups attached to an aromatic ring is 1. The molecule has 172 valence electrons. The standard InChI is InChI=1S/C22H16BrF3N8/c23-18-19(27)34-20(14(9-29-34)13-7-12-3-1-2-4-15(12)28-8-13)31-21(18)33-6-5-32-10-16(22(24,25)26)30-17(32)11-33/h1-4,7-10H,5-6,11,27H2. The van der Waals surface area contributed by atoms with Crippen molar-refractivity contribution in [1.29, 1.82) is 0 Å². The first-order valence-electron chi connectivity index (χ1n) is 10.4. The van der Waals surface area contributed by atoms with Crippen LogP contribution in [-0.2, 0) is 19.3 Å². The lowest BCUT2D eigenvalue weighted by atomic mass is 10.1. The van der Waals surface area contributed by atoms with E-state index >= 15 is 0 Å². The number of aromatic nitrogens is 6. The second kappa shape index (κ2) is 7.42. The van der Waals surface area contributed by atoms with Gasteiger partial charge in [0.15, 0.2) is 11.3 Å². The third kappa shape index (κ3) is 3.28. The highest BCUT2D eigenvalue weighted by Crippen LogP contribution is 2.36. The van der Waals surface area contributed by atoms with E-state index in [9.17, 15) is 13.2 Å². The minimum absolute atomic E-state index is 0.165. The van der Waals surface area contributed by atoms with Crippen molar-refractivity contribution in [2.45, 2.75) is 19.3 Å². The predicted octanol–water partition coefficient (Wildman–Crippen LogP) is 4.52. The SMILES string of the molecule is Nc1c(Br)c(N2CCn3cc(C(F)(F)F)nc3C2)nc2c(-c3cnc4ccccc4c3)cnn12. The van der Waals surface area contributed by atoms with E-state index in [1.807, 2.05) is 35.2 Å². The van der Waals surface area contributed by atoms with Crippen molar-refractivity contribution in [3.63, 3.8) is 0 Å². The van der Waals surface area contributed by atoms with E-state index in [-0.39, 0.29) is 6.54 Å². The predicted molar refractivity (Wildman–Crippen MR) is 124 cm³/mol. The maximum absolute atomic E-state index is 13.1. The Morgan fingerprint density at radius 3 is 2.71 bits per heavy atom. The number of halogens is 4. The molecule has 5 heterocycles. The molecule has 34 heavy (non-hydrogen) atoms. The zero-order valence-corrected chi connectivity index (χ0v) is 19.0. The molecule has 6 rings (SSSR count). The maximum Gasteiger partial charge on any atom is 0.434 e. The van der Waals surface area contributed by atoms with Gasteiger partial charge < -0.3 is 15.2 Å². The van der Waals surface area contributed by atoms with Crippen molar-refractivity contribution in [3.8, 4) is 11.1 Å². The van der Waals surface area contributed by atoms with Crippen LogP contribution in [0.2, 0.25) is 0 Å². The zero-order chi connectivity index (χ0) is 23.6. The fourth-order valence-corrected chi connectivity index (χ4v) is 4.69. The van der Waals surface area contributed by atoms with Gasteiger partial charge in [0.25, 0.3) is 0 Å². The molecule has 0 unspecified atom stereocenters. The van der Waals surface area contributed by atoms with Crippen LogP contribution in [0.4, 0.5) is 24.8 Å². The Hall–Kier alpha value is -3.67. The highest BCUT2D eigenvalue weighted by Gasteiger charge is 2.36. The summed E-state index contributed by atoms with van der Waals surface area (Å²) in [5, 5.41) is 5.38. The Morgan fingerprint density at radius 1 is 1.06 bits per heavy atom. The summed E-state index contributed by atoms with van der Waals surface area (Å²) in [6.45, 7) is 0.958. The van der Waals surface area contributed by atoms with Crippen LogP contribution in [-0.4, -0.2) is 35.7 Å². The van der Waals surface area contributed by atoms with Crippen molar-refractivity contribution >= 4 is 44.1 Å². The fraction of sp³-hybridized carbons (Fsp3) is 0.182. The number of nitrogens with two attached hydrogens (primary N) is 1. The second-order valence-electron chi connectivity index (χ2n) is 8.00. The van der Waals surface area contributed by atoms with Crippen molar-refractivity contribution in [2.24, 2.45) is 0 Å². The lowest BCUT2D eigenvalue weighted by molar-refractivity contribution is -0.141. The molecular weight excluding hydrogens is 513 g/mol. The van der Waals surface area contributed by atoms with Crippen LogP contribution < -0.4 is 10.6 Å². The second-order valence-corrected chi connectivity index (χ2v) is 8.79. The Balaban J connectivity index is 1.43. The van der Waals surface area contributed by atoms with E-state index in [1.165, 1.54) is 9.08 Å². The topological polar surface area (TPSA) is 90.2 Å². The molecule has 4 aromatic heterocycles. The van der Waals surface area contributed by atoms with Crippen LogP contribution in [0.25, 0.3) is 27.7 Å². The zero-order valence-electron chi connectivity index (χ0n) is 17.5. The van der Waals surface area contributed by atoms with Gasteiger partial charge in [-0.05, 0) is 28.1 Å². The number of alkyl halides is 3. The van der Waals surface area contributed by atoms with Gasteiger partial charge in [-0.15, -0.1) is 0 Å². The third-order valence-corrected chi connectivity index (χ3v) is 6.66. The number of fused-ring (bicyclic) bond motifs is 3. The average molecular weight is 529 g/mol. The van der Waals surface area contributed by atoms with Gasteiger partial charge in [-0.25, -0.2) is 9.97 Å². The molecule has 0 fully saturated rings. The Morgan fingerprint density at radius 2 is 1.88 bits per heavy atom. The normalized spacial score (nSPS) is 14.2. The molecule has 8 nitrogen and oxygen atoms in total. The molecule has 0 saturated heterocycles. The van der Waals surface area contributed by atoms with Crippen LogP contribution >= 0.6 is 15.9 Å². The molecule has 0 bridgehead atoms. The van der Waals surface area contributed by atoms with Crippen LogP contribution in [0.1, 0.15) is 11.5 Å². The Kier molecular flexibility index (Phi) is 4.56. The fourth-order valence-electron chi connectivity index (χ4n) is 4.18. The third-order valence-electron chi connectivity index (χ3n) is 5.90. The van der Waals surface area contributed by atoms with Gasteiger partial charge in [-0.1, -0.05) is 18.2 Å². The van der Waals surface area contributed by atoms with Crippen molar-refractivity contribution in [3.05, 3.63) is 64.9 Å². The molecule has 12 heteroatoms. The van der Waals surface area contributed by atoms with Gasteiger partial charge >= 0.3 is 6.18 Å². The molecule has 1 aliphatic heterocycles. The molecule has 0 atom stereocenters. The lowest BCUT2D eigenvalue weighted by Gasteiger charge is -2.29. The average Bonchev–Trinajstić information content (AvgIpc) is 3.45. The van der Waals surface area contributed by atoms with Crippen molar-refractivity contribution < 1.29 is 13.2 Å². The first kappa shape index (κ1) is 20.9. The van der Waals surface area contributed by atoms with Crippen LogP contribution in [0.3, 0.4) is 0 Å². The summed E-state index contributed by atoms with van der Waals surface area (Å²) >= 11 is 3.50. The molecule has 0 radical (unpaired) electrons. The number of anilines is 2. The molecule has 0 saturated carbocycles. The van der Waals surface area contributed by atoms with Crippen LogP contribution in [0.5, 0.6) is 0 Å². The molecule has 0 amide bonds. The first-order chi connectivity index (χ1) is 16.3. The summed E-state index contributed by atoms with van der Waals surface area (Å²) in [6, 6.07) is 9.80. The van der Waals surface area contributed by atoms with E-state index in [0.717, 1.165) is 28.2 Å². The molecule has 1 aromatic carbocycles. The van der Waals surface area contributed by atoms with E-state index in [2.05, 4.69) is 31.0 Å². The molecular formula is C22H16BrF3N8. The number of para-hydroxylation sites is 1. The number of pyridine rings is 1. The summed E-state index contributed by atoms with van der Waals surface area (Å²) in [7, 11) is 0. The van der Waals surface area contributed by atoms with Crippen molar-refractivity contribution in [1.82, 2.24) is 29.1 Å². The van der Waals surface area contributed by atoms with Gasteiger partial charge in [-0.3, -0.25) is 4.98 Å². The number of hydrogen-bond donors (Lipinski definition) is 1. The van der Waals surface area contributed by atoms with Gasteiger partial charge in [0.05, 0.1) is 18.3 Å². The number of benzene rings is 1. The minimum atomic E-state index is -4.49. The summed E-state index contributed by atoms with van der Waals surface area (Å²) < 4.78 is 42.9. The number of nitrogens with zero attached hydrogens (tertiary/aromatic N) is 7. The maximum atomic E-state index is 13.1. The monoisotopic (exact) mass is 528 g/mol. The van der Waals surface area contributed by atoms with E-state index in [1.54, 1.807) is 12.4 Å². The van der Waals surface area contributed by atoms with E-state index in [4.69, 9.17) is 10.7 Å². The van der Waals surface area contributed by atoms with E-state index in [0.29, 0.717) is 40.7 Å². The minimum Gasteiger partial charge on any atom is -0.383 e. The summed E-state index contributed by atoms with van der Waals surface area (Å²) in [6.07, 6.45) is 0.000749. The van der Waals surface area contributed by atoms with Gasteiger partial charge in [0, 0.05) is 42.0 Å². The highest BCUT2D eigenvalue weighted by atomic mass is 79.9. The van der Waals surface area contributed by atoms with Crippen LogP contribution in [0, 0.1) is 0 Å². The number of hydrogen-bond acceptors (Lipinski definition) is 6. The summed E-state index contributed by atoms with van der Waals surface area (Å²) in [5.74, 6) is 1.17. The molecule has 2 N–H and O–H groups in total. The summed E-state index contributed by atoms with van der Waals surface area (Å²) in [5.41, 5.74) is 8.45.